The van der Waals surface area contributed by atoms with Crippen LogP contribution in [0.2, 0.25) is 0 Å². The van der Waals surface area contributed by atoms with Crippen molar-refractivity contribution in [3.63, 3.8) is 0 Å². The summed E-state index contributed by atoms with van der Waals surface area (Å²) in [5, 5.41) is 17.8. The van der Waals surface area contributed by atoms with Gasteiger partial charge in [0.1, 0.15) is 17.8 Å². The zero-order valence-electron chi connectivity index (χ0n) is 8.38. The van der Waals surface area contributed by atoms with Gasteiger partial charge >= 0.3 is 0 Å². The lowest BCUT2D eigenvalue weighted by atomic mass is 10.2. The van der Waals surface area contributed by atoms with Crippen LogP contribution in [0.5, 0.6) is 0 Å². The maximum atomic E-state index is 8.89. The normalized spacial score (nSPS) is 9.38. The summed E-state index contributed by atoms with van der Waals surface area (Å²) in [7, 11) is 0. The molecule has 0 amide bonds. The van der Waals surface area contributed by atoms with Crippen LogP contribution in [-0.2, 0) is 0 Å². The smallest absolute Gasteiger partial charge is 0.124 e. The number of nitrogen functional groups attached to an aromatic ring is 1. The van der Waals surface area contributed by atoms with Crippen molar-refractivity contribution in [1.29, 1.82) is 10.5 Å². The molecule has 0 bridgehead atoms. The summed E-state index contributed by atoms with van der Waals surface area (Å²) < 4.78 is 1.71. The molecule has 0 unspecified atom stereocenters. The molecule has 0 saturated carbocycles. The van der Waals surface area contributed by atoms with Crippen LogP contribution in [0.15, 0.2) is 36.5 Å². The average Bonchev–Trinajstić information content (AvgIpc) is 2.78. The van der Waals surface area contributed by atoms with E-state index in [0.717, 1.165) is 5.69 Å². The summed E-state index contributed by atoms with van der Waals surface area (Å²) >= 11 is 0. The lowest BCUT2D eigenvalue weighted by molar-refractivity contribution is 1.05. The molecule has 4 heteroatoms. The molecule has 4 nitrogen and oxygen atoms in total. The molecule has 2 N–H and O–H groups in total. The summed E-state index contributed by atoms with van der Waals surface area (Å²) in [5.74, 6) is 0. The maximum absolute atomic E-state index is 8.89. The average molecular weight is 208 g/mol. The highest BCUT2D eigenvalue weighted by Gasteiger charge is 2.05. The van der Waals surface area contributed by atoms with E-state index in [9.17, 15) is 0 Å². The summed E-state index contributed by atoms with van der Waals surface area (Å²) in [6.45, 7) is 0. The van der Waals surface area contributed by atoms with E-state index in [1.54, 1.807) is 41.1 Å². The second-order valence-corrected chi connectivity index (χ2v) is 3.26. The van der Waals surface area contributed by atoms with Crippen molar-refractivity contribution in [3.8, 4) is 17.8 Å². The number of nitriles is 2. The summed E-state index contributed by atoms with van der Waals surface area (Å²) in [4.78, 5) is 0. The summed E-state index contributed by atoms with van der Waals surface area (Å²) in [6.07, 6.45) is 1.77. The Morgan fingerprint density at radius 1 is 1.12 bits per heavy atom. The van der Waals surface area contributed by atoms with Gasteiger partial charge in [0.25, 0.3) is 0 Å². The standard InChI is InChI=1S/C12H8N4/c13-7-9-6-10(3-4-12(9)15)16-5-1-2-11(16)8-14/h1-6H,15H2. The second kappa shape index (κ2) is 3.80. The van der Waals surface area contributed by atoms with E-state index in [-0.39, 0.29) is 0 Å². The van der Waals surface area contributed by atoms with Crippen molar-refractivity contribution >= 4 is 5.69 Å². The molecule has 1 heterocycles. The van der Waals surface area contributed by atoms with Crippen molar-refractivity contribution in [3.05, 3.63) is 47.8 Å². The first-order valence-electron chi connectivity index (χ1n) is 4.63. The van der Waals surface area contributed by atoms with Gasteiger partial charge in [0.2, 0.25) is 0 Å². The zero-order chi connectivity index (χ0) is 11.5. The molecule has 0 radical (unpaired) electrons. The minimum atomic E-state index is 0.412. The van der Waals surface area contributed by atoms with Crippen molar-refractivity contribution in [2.75, 3.05) is 5.73 Å². The van der Waals surface area contributed by atoms with Crippen molar-refractivity contribution in [2.45, 2.75) is 0 Å². The minimum absolute atomic E-state index is 0.412. The van der Waals surface area contributed by atoms with E-state index < -0.39 is 0 Å². The van der Waals surface area contributed by atoms with Gasteiger partial charge in [-0.1, -0.05) is 0 Å². The van der Waals surface area contributed by atoms with Gasteiger partial charge in [-0.25, -0.2) is 0 Å². The van der Waals surface area contributed by atoms with Gasteiger partial charge < -0.3 is 10.3 Å². The fraction of sp³-hybridized carbons (Fsp3) is 0. The van der Waals surface area contributed by atoms with Gasteiger partial charge in [0.05, 0.1) is 5.56 Å². The van der Waals surface area contributed by atoms with E-state index in [0.29, 0.717) is 16.9 Å². The third kappa shape index (κ3) is 1.49. The van der Waals surface area contributed by atoms with E-state index >= 15 is 0 Å². The molecule has 1 aromatic heterocycles. The number of rotatable bonds is 1. The van der Waals surface area contributed by atoms with Gasteiger partial charge in [0.15, 0.2) is 0 Å². The Balaban J connectivity index is 2.59. The summed E-state index contributed by atoms with van der Waals surface area (Å²) in [6, 6.07) is 12.7. The topological polar surface area (TPSA) is 78.5 Å². The number of nitrogens with zero attached hydrogens (tertiary/aromatic N) is 3. The molecule has 0 aliphatic rings. The third-order valence-corrected chi connectivity index (χ3v) is 2.30. The molecule has 0 saturated heterocycles. The van der Waals surface area contributed by atoms with Gasteiger partial charge in [-0.2, -0.15) is 10.5 Å². The predicted octanol–water partition coefficient (Wildman–Crippen LogP) is 1.80. The molecule has 0 fully saturated rings. The van der Waals surface area contributed by atoms with Crippen LogP contribution < -0.4 is 5.73 Å². The zero-order valence-corrected chi connectivity index (χ0v) is 8.38. The molecule has 0 aliphatic heterocycles. The molecule has 1 aromatic carbocycles. The van der Waals surface area contributed by atoms with Crippen LogP contribution >= 0.6 is 0 Å². The van der Waals surface area contributed by atoms with Crippen LogP contribution in [0.3, 0.4) is 0 Å². The molecule has 16 heavy (non-hydrogen) atoms. The monoisotopic (exact) mass is 208 g/mol. The van der Waals surface area contributed by atoms with Crippen molar-refractivity contribution in [2.24, 2.45) is 0 Å². The first kappa shape index (κ1) is 9.82. The molecular formula is C12H8N4. The van der Waals surface area contributed by atoms with Crippen LogP contribution in [0, 0.1) is 22.7 Å². The van der Waals surface area contributed by atoms with E-state index in [2.05, 4.69) is 6.07 Å². The third-order valence-electron chi connectivity index (χ3n) is 2.30. The fourth-order valence-electron chi connectivity index (χ4n) is 1.49. The van der Waals surface area contributed by atoms with Crippen molar-refractivity contribution < 1.29 is 0 Å². The van der Waals surface area contributed by atoms with E-state index in [4.69, 9.17) is 16.3 Å². The van der Waals surface area contributed by atoms with E-state index in [1.807, 2.05) is 6.07 Å². The minimum Gasteiger partial charge on any atom is -0.398 e. The van der Waals surface area contributed by atoms with Gasteiger partial charge in [0, 0.05) is 17.6 Å². The molecule has 2 aromatic rings. The van der Waals surface area contributed by atoms with E-state index in [1.165, 1.54) is 0 Å². The number of nitrogens with two attached hydrogens (primary N) is 1. The van der Waals surface area contributed by atoms with Crippen LogP contribution in [0.1, 0.15) is 11.3 Å². The number of anilines is 1. The quantitative estimate of drug-likeness (QED) is 0.726. The Kier molecular flexibility index (Phi) is 2.33. The van der Waals surface area contributed by atoms with Gasteiger partial charge in [-0.05, 0) is 30.3 Å². The first-order valence-corrected chi connectivity index (χ1v) is 4.63. The molecule has 2 rings (SSSR count). The Hall–Kier alpha value is -2.72. The summed E-state index contributed by atoms with van der Waals surface area (Å²) in [5.41, 5.74) is 7.76. The number of aromatic nitrogens is 1. The fourth-order valence-corrected chi connectivity index (χ4v) is 1.49. The molecule has 0 spiro atoms. The Morgan fingerprint density at radius 2 is 1.94 bits per heavy atom. The largest absolute Gasteiger partial charge is 0.398 e. The molecular weight excluding hydrogens is 200 g/mol. The predicted molar refractivity (Wildman–Crippen MR) is 59.6 cm³/mol. The Labute approximate surface area is 92.8 Å². The van der Waals surface area contributed by atoms with Gasteiger partial charge in [-0.15, -0.1) is 0 Å². The second-order valence-electron chi connectivity index (χ2n) is 3.26. The highest BCUT2D eigenvalue weighted by atomic mass is 15.0. The molecule has 76 valence electrons. The van der Waals surface area contributed by atoms with Crippen LogP contribution in [0.25, 0.3) is 5.69 Å². The highest BCUT2D eigenvalue weighted by Crippen LogP contribution is 2.18. The maximum Gasteiger partial charge on any atom is 0.124 e. The lowest BCUT2D eigenvalue weighted by Crippen LogP contribution is -1.98. The number of hydrogen-bond acceptors (Lipinski definition) is 3. The van der Waals surface area contributed by atoms with Crippen LogP contribution in [0.4, 0.5) is 5.69 Å². The molecule has 0 aliphatic carbocycles. The highest BCUT2D eigenvalue weighted by molar-refractivity contribution is 5.59. The van der Waals surface area contributed by atoms with Crippen LogP contribution in [-0.4, -0.2) is 4.57 Å². The first-order chi connectivity index (χ1) is 7.76. The Morgan fingerprint density at radius 3 is 2.62 bits per heavy atom. The number of benzene rings is 1. The van der Waals surface area contributed by atoms with Gasteiger partial charge in [-0.3, -0.25) is 0 Å². The molecule has 0 atom stereocenters. The Bertz CT molecular complexity index is 611. The number of hydrogen-bond donors (Lipinski definition) is 1. The SMILES string of the molecule is N#Cc1cc(-n2cccc2C#N)ccc1N. The van der Waals surface area contributed by atoms with Crippen molar-refractivity contribution in [1.82, 2.24) is 4.57 Å². The lowest BCUT2D eigenvalue weighted by Gasteiger charge is -2.06.